The van der Waals surface area contributed by atoms with Gasteiger partial charge in [0.25, 0.3) is 0 Å². The standard InChI is InChI=1S/C4H4N4/c1-2-4-6-8-7-5-3-1/h1-4H. The first-order valence-corrected chi connectivity index (χ1v) is 2.12. The Balaban J connectivity index is 2.67. The van der Waals surface area contributed by atoms with Gasteiger partial charge >= 0.3 is 0 Å². The predicted molar refractivity (Wildman–Crippen MR) is 28.0 cm³/mol. The number of hydrogen-bond donors (Lipinski definition) is 0. The van der Waals surface area contributed by atoms with E-state index < -0.39 is 0 Å². The van der Waals surface area contributed by atoms with Crippen molar-refractivity contribution in [2.75, 3.05) is 0 Å². The highest BCUT2D eigenvalue weighted by atomic mass is 15.5. The fourth-order valence-electron chi connectivity index (χ4n) is 0.282. The molecule has 0 aromatic carbocycles. The van der Waals surface area contributed by atoms with Crippen LogP contribution in [0.25, 0.3) is 0 Å². The Morgan fingerprint density at radius 1 is 0.750 bits per heavy atom. The van der Waals surface area contributed by atoms with Crippen molar-refractivity contribution in [3.8, 4) is 0 Å². The second-order valence-electron chi connectivity index (χ2n) is 1.09. The van der Waals surface area contributed by atoms with Crippen LogP contribution in [0.15, 0.2) is 45.2 Å². The van der Waals surface area contributed by atoms with Crippen LogP contribution in [0, 0.1) is 0 Å². The van der Waals surface area contributed by atoms with Crippen molar-refractivity contribution in [1.82, 2.24) is 0 Å². The summed E-state index contributed by atoms with van der Waals surface area (Å²) in [6.07, 6.45) is 6.52. The normalized spacial score (nSPS) is 16.0. The van der Waals surface area contributed by atoms with Gasteiger partial charge in [-0.3, -0.25) is 0 Å². The van der Waals surface area contributed by atoms with E-state index in [1.165, 1.54) is 12.4 Å². The van der Waals surface area contributed by atoms with Crippen molar-refractivity contribution in [2.45, 2.75) is 0 Å². The Bertz CT molecular complexity index is 109. The molecule has 4 nitrogen and oxygen atoms in total. The number of allylic oxidation sites excluding steroid dienone is 2. The minimum Gasteiger partial charge on any atom is -0.137 e. The van der Waals surface area contributed by atoms with E-state index in [-0.39, 0.29) is 0 Å². The van der Waals surface area contributed by atoms with Gasteiger partial charge in [0.15, 0.2) is 0 Å². The summed E-state index contributed by atoms with van der Waals surface area (Å²) in [4.78, 5) is 0. The lowest BCUT2D eigenvalue weighted by molar-refractivity contribution is 0.947. The summed E-state index contributed by atoms with van der Waals surface area (Å²) in [6, 6.07) is 0. The zero-order valence-electron chi connectivity index (χ0n) is 4.10. The number of rotatable bonds is 0. The third-order valence-corrected chi connectivity index (χ3v) is 0.560. The molecule has 1 rings (SSSR count). The van der Waals surface area contributed by atoms with E-state index in [1.807, 2.05) is 0 Å². The van der Waals surface area contributed by atoms with Crippen LogP contribution < -0.4 is 0 Å². The summed E-state index contributed by atoms with van der Waals surface area (Å²) >= 11 is 0. The first-order chi connectivity index (χ1) is 4.00. The Hall–Kier alpha value is -1.32. The molecule has 0 unspecified atom stereocenters. The maximum Gasteiger partial charge on any atom is 0.0515 e. The van der Waals surface area contributed by atoms with Crippen molar-refractivity contribution < 1.29 is 0 Å². The lowest BCUT2D eigenvalue weighted by Crippen LogP contribution is -1.54. The van der Waals surface area contributed by atoms with Gasteiger partial charge in [-0.2, -0.15) is 0 Å². The molecule has 8 heavy (non-hydrogen) atoms. The second kappa shape index (κ2) is 2.79. The number of hydrogen-bond acceptors (Lipinski definition) is 4. The maximum absolute atomic E-state index is 3.46. The molecule has 40 valence electrons. The van der Waals surface area contributed by atoms with Gasteiger partial charge < -0.3 is 0 Å². The summed E-state index contributed by atoms with van der Waals surface area (Å²) in [5, 5.41) is 13.5. The van der Waals surface area contributed by atoms with Crippen LogP contribution in [0.4, 0.5) is 0 Å². The Kier molecular flexibility index (Phi) is 1.68. The summed E-state index contributed by atoms with van der Waals surface area (Å²) in [5.74, 6) is 0. The largest absolute Gasteiger partial charge is 0.137 e. The average Bonchev–Trinajstić information content (AvgIpc) is 1.62. The van der Waals surface area contributed by atoms with Crippen molar-refractivity contribution in [1.29, 1.82) is 0 Å². The number of nitrogens with zero attached hydrogens (tertiary/aromatic N) is 4. The Morgan fingerprint density at radius 2 is 1.25 bits per heavy atom. The summed E-state index contributed by atoms with van der Waals surface area (Å²) in [6.45, 7) is 0. The van der Waals surface area contributed by atoms with Crippen molar-refractivity contribution in [3.63, 3.8) is 0 Å². The lowest BCUT2D eigenvalue weighted by Gasteiger charge is -1.75. The predicted octanol–water partition coefficient (Wildman–Crippen LogP) is 1.85. The van der Waals surface area contributed by atoms with Crippen molar-refractivity contribution in [2.24, 2.45) is 20.7 Å². The minimum atomic E-state index is 1.54. The highest BCUT2D eigenvalue weighted by Gasteiger charge is 1.68. The molecule has 0 saturated carbocycles. The van der Waals surface area contributed by atoms with E-state index in [4.69, 9.17) is 0 Å². The SMILES string of the molecule is C1=CN=NN=NC=C1. The molecule has 0 bridgehead atoms. The molecule has 1 aliphatic heterocycles. The van der Waals surface area contributed by atoms with Gasteiger partial charge in [0.05, 0.1) is 12.4 Å². The topological polar surface area (TPSA) is 49.4 Å². The molecular formula is C4H4N4. The van der Waals surface area contributed by atoms with Crippen molar-refractivity contribution >= 4 is 0 Å². The van der Waals surface area contributed by atoms with Crippen LogP contribution in [-0.2, 0) is 0 Å². The minimum absolute atomic E-state index is 1.54. The van der Waals surface area contributed by atoms with E-state index >= 15 is 0 Å². The lowest BCUT2D eigenvalue weighted by atomic mass is 10.6. The third kappa shape index (κ3) is 1.42. The van der Waals surface area contributed by atoms with Crippen LogP contribution >= 0.6 is 0 Å². The molecule has 0 atom stereocenters. The molecule has 0 spiro atoms. The second-order valence-corrected chi connectivity index (χ2v) is 1.09. The van der Waals surface area contributed by atoms with Gasteiger partial charge in [0.1, 0.15) is 0 Å². The van der Waals surface area contributed by atoms with Crippen LogP contribution in [-0.4, -0.2) is 0 Å². The molecule has 0 radical (unpaired) electrons. The van der Waals surface area contributed by atoms with E-state index in [2.05, 4.69) is 20.7 Å². The summed E-state index contributed by atoms with van der Waals surface area (Å²) in [5.41, 5.74) is 0. The molecule has 1 aliphatic rings. The quantitative estimate of drug-likeness (QED) is 0.454. The molecule has 0 amide bonds. The van der Waals surface area contributed by atoms with Crippen LogP contribution in [0.2, 0.25) is 0 Å². The first kappa shape index (κ1) is 4.83. The van der Waals surface area contributed by atoms with E-state index in [0.717, 1.165) is 0 Å². The third-order valence-electron chi connectivity index (χ3n) is 0.560. The fraction of sp³-hybridized carbons (Fsp3) is 0. The molecule has 0 aromatic rings. The van der Waals surface area contributed by atoms with Gasteiger partial charge in [-0.05, 0) is 22.6 Å². The Labute approximate surface area is 46.3 Å². The van der Waals surface area contributed by atoms with Gasteiger partial charge in [-0.15, -0.1) is 10.2 Å². The molecule has 1 heterocycles. The van der Waals surface area contributed by atoms with E-state index in [0.29, 0.717) is 0 Å². The smallest absolute Gasteiger partial charge is 0.0515 e. The fourth-order valence-corrected chi connectivity index (χ4v) is 0.282. The Morgan fingerprint density at radius 3 is 1.75 bits per heavy atom. The van der Waals surface area contributed by atoms with Gasteiger partial charge in [0.2, 0.25) is 0 Å². The highest BCUT2D eigenvalue weighted by Crippen LogP contribution is 1.88. The molecule has 0 N–H and O–H groups in total. The zero-order valence-corrected chi connectivity index (χ0v) is 4.10. The van der Waals surface area contributed by atoms with E-state index in [9.17, 15) is 0 Å². The van der Waals surface area contributed by atoms with Gasteiger partial charge in [-0.1, -0.05) is 0 Å². The van der Waals surface area contributed by atoms with Gasteiger partial charge in [-0.25, -0.2) is 0 Å². The maximum atomic E-state index is 3.46. The summed E-state index contributed by atoms with van der Waals surface area (Å²) < 4.78 is 0. The first-order valence-electron chi connectivity index (χ1n) is 2.12. The highest BCUT2D eigenvalue weighted by molar-refractivity contribution is 5.00. The molecule has 0 aliphatic carbocycles. The molecule has 4 heteroatoms. The van der Waals surface area contributed by atoms with E-state index in [1.54, 1.807) is 12.2 Å². The van der Waals surface area contributed by atoms with Gasteiger partial charge in [0, 0.05) is 0 Å². The molecule has 0 aromatic heterocycles. The molecule has 0 saturated heterocycles. The van der Waals surface area contributed by atoms with Crippen LogP contribution in [0.1, 0.15) is 0 Å². The van der Waals surface area contributed by atoms with Crippen molar-refractivity contribution in [3.05, 3.63) is 24.6 Å². The molecule has 0 fully saturated rings. The zero-order chi connectivity index (χ0) is 5.66. The summed E-state index contributed by atoms with van der Waals surface area (Å²) in [7, 11) is 0. The van der Waals surface area contributed by atoms with Crippen LogP contribution in [0.3, 0.4) is 0 Å². The molecular weight excluding hydrogens is 104 g/mol. The average molecular weight is 108 g/mol. The van der Waals surface area contributed by atoms with Crippen LogP contribution in [0.5, 0.6) is 0 Å². The monoisotopic (exact) mass is 108 g/mol.